The van der Waals surface area contributed by atoms with E-state index in [0.717, 1.165) is 6.92 Å². The van der Waals surface area contributed by atoms with E-state index in [1.807, 2.05) is 0 Å². The number of ether oxygens (including phenoxy) is 1. The number of hydrogen-bond donors (Lipinski definition) is 0. The maximum atomic E-state index is 12.9. The van der Waals surface area contributed by atoms with Crippen LogP contribution in [0.2, 0.25) is 0 Å². The Kier molecular flexibility index (Phi) is 5.55. The Hall–Kier alpha value is -1.49. The van der Waals surface area contributed by atoms with E-state index in [4.69, 9.17) is 0 Å². The van der Waals surface area contributed by atoms with Crippen molar-refractivity contribution in [2.75, 3.05) is 0 Å². The lowest BCUT2D eigenvalue weighted by molar-refractivity contribution is -0.399. The standard InChI is InChI=1S/C10H8F10O2/c1-4(2)6(21)22-5(11)3-7(12,13)8(14,15)9(16,17)10(18,19)20/h5H,1,3H2,2H3. The highest BCUT2D eigenvalue weighted by atomic mass is 19.4. The topological polar surface area (TPSA) is 26.3 Å². The summed E-state index contributed by atoms with van der Waals surface area (Å²) < 4.78 is 128. The number of rotatable bonds is 6. The fraction of sp³-hybridized carbons (Fsp3) is 0.700. The molecule has 0 bridgehead atoms. The summed E-state index contributed by atoms with van der Waals surface area (Å²) in [4.78, 5) is 10.7. The number of alkyl halides is 10. The fourth-order valence-corrected chi connectivity index (χ4v) is 0.996. The zero-order valence-electron chi connectivity index (χ0n) is 10.6. The van der Waals surface area contributed by atoms with Crippen LogP contribution in [-0.2, 0) is 9.53 Å². The highest BCUT2D eigenvalue weighted by Gasteiger charge is 2.81. The lowest BCUT2D eigenvalue weighted by Gasteiger charge is -2.33. The Morgan fingerprint density at radius 1 is 1.00 bits per heavy atom. The molecule has 0 aliphatic rings. The van der Waals surface area contributed by atoms with Crippen molar-refractivity contribution in [2.24, 2.45) is 0 Å². The highest BCUT2D eigenvalue weighted by Crippen LogP contribution is 2.54. The minimum atomic E-state index is -7.12. The molecule has 0 aliphatic heterocycles. The van der Waals surface area contributed by atoms with Crippen molar-refractivity contribution in [3.8, 4) is 0 Å². The van der Waals surface area contributed by atoms with E-state index < -0.39 is 48.3 Å². The minimum Gasteiger partial charge on any atom is -0.428 e. The molecule has 0 amide bonds. The van der Waals surface area contributed by atoms with Gasteiger partial charge in [-0.15, -0.1) is 0 Å². The summed E-state index contributed by atoms with van der Waals surface area (Å²) in [6, 6.07) is 0. The third kappa shape index (κ3) is 3.83. The van der Waals surface area contributed by atoms with Gasteiger partial charge >= 0.3 is 29.9 Å². The maximum absolute atomic E-state index is 12.9. The Labute approximate surface area is 116 Å². The number of carbonyl (C=O) groups excluding carboxylic acids is 1. The van der Waals surface area contributed by atoms with Crippen LogP contribution < -0.4 is 0 Å². The second kappa shape index (κ2) is 5.95. The summed E-state index contributed by atoms with van der Waals surface area (Å²) in [5, 5.41) is 0. The lowest BCUT2D eigenvalue weighted by Crippen LogP contribution is -2.61. The van der Waals surface area contributed by atoms with Gasteiger partial charge in [-0.1, -0.05) is 6.58 Å². The largest absolute Gasteiger partial charge is 0.460 e. The lowest BCUT2D eigenvalue weighted by atomic mass is 10.0. The predicted octanol–water partition coefficient (Wildman–Crippen LogP) is 4.26. The van der Waals surface area contributed by atoms with Gasteiger partial charge in [0, 0.05) is 5.57 Å². The van der Waals surface area contributed by atoms with E-state index in [1.165, 1.54) is 0 Å². The Morgan fingerprint density at radius 3 is 1.73 bits per heavy atom. The second-order valence-electron chi connectivity index (χ2n) is 4.15. The van der Waals surface area contributed by atoms with Crippen molar-refractivity contribution < 1.29 is 53.4 Å². The van der Waals surface area contributed by atoms with Gasteiger partial charge in [-0.05, 0) is 6.92 Å². The molecule has 0 heterocycles. The molecular weight excluding hydrogens is 342 g/mol. The van der Waals surface area contributed by atoms with E-state index in [9.17, 15) is 48.7 Å². The molecule has 22 heavy (non-hydrogen) atoms. The van der Waals surface area contributed by atoms with Crippen LogP contribution in [-0.4, -0.2) is 36.3 Å². The average molecular weight is 350 g/mol. The Bertz CT molecular complexity index is 439. The predicted molar refractivity (Wildman–Crippen MR) is 51.3 cm³/mol. The summed E-state index contributed by atoms with van der Waals surface area (Å²) in [6.07, 6.45) is -13.4. The first-order valence-corrected chi connectivity index (χ1v) is 5.18. The molecule has 0 radical (unpaired) electrons. The van der Waals surface area contributed by atoms with Crippen LogP contribution >= 0.6 is 0 Å². The van der Waals surface area contributed by atoms with Gasteiger partial charge in [0.15, 0.2) is 0 Å². The average Bonchev–Trinajstić information content (AvgIpc) is 2.25. The normalized spacial score (nSPS) is 15.4. The maximum Gasteiger partial charge on any atom is 0.460 e. The van der Waals surface area contributed by atoms with Gasteiger partial charge in [0.2, 0.25) is 6.36 Å². The van der Waals surface area contributed by atoms with Crippen LogP contribution in [0, 0.1) is 0 Å². The minimum absolute atomic E-state index is 0.543. The zero-order valence-corrected chi connectivity index (χ0v) is 10.6. The van der Waals surface area contributed by atoms with Crippen molar-refractivity contribution in [3.63, 3.8) is 0 Å². The van der Waals surface area contributed by atoms with Crippen molar-refractivity contribution in [3.05, 3.63) is 12.2 Å². The molecule has 0 saturated heterocycles. The number of esters is 1. The zero-order chi connectivity index (χ0) is 18.1. The number of hydrogen-bond acceptors (Lipinski definition) is 2. The fourth-order valence-electron chi connectivity index (χ4n) is 0.996. The molecule has 12 heteroatoms. The van der Waals surface area contributed by atoms with E-state index in [-0.39, 0.29) is 0 Å². The first kappa shape index (κ1) is 20.5. The third-order valence-electron chi connectivity index (χ3n) is 2.21. The molecule has 2 nitrogen and oxygen atoms in total. The first-order valence-electron chi connectivity index (χ1n) is 5.18. The van der Waals surface area contributed by atoms with Crippen LogP contribution in [0.1, 0.15) is 13.3 Å². The molecule has 0 N–H and O–H groups in total. The molecule has 1 unspecified atom stereocenters. The summed E-state index contributed by atoms with van der Waals surface area (Å²) in [6.45, 7) is 3.80. The van der Waals surface area contributed by atoms with Crippen LogP contribution in [0.15, 0.2) is 12.2 Å². The van der Waals surface area contributed by atoms with Gasteiger partial charge in [-0.3, -0.25) is 0 Å². The number of halogens is 10. The van der Waals surface area contributed by atoms with Gasteiger partial charge in [0.05, 0.1) is 6.42 Å². The van der Waals surface area contributed by atoms with E-state index in [2.05, 4.69) is 11.3 Å². The van der Waals surface area contributed by atoms with E-state index >= 15 is 0 Å². The van der Waals surface area contributed by atoms with E-state index in [1.54, 1.807) is 0 Å². The summed E-state index contributed by atoms with van der Waals surface area (Å²) in [5.74, 6) is -21.9. The molecule has 0 fully saturated rings. The molecular formula is C10H8F10O2. The molecule has 0 aliphatic carbocycles. The molecule has 0 aromatic carbocycles. The van der Waals surface area contributed by atoms with Crippen LogP contribution in [0.4, 0.5) is 43.9 Å². The molecule has 0 aromatic heterocycles. The quantitative estimate of drug-likeness (QED) is 0.407. The second-order valence-corrected chi connectivity index (χ2v) is 4.15. The van der Waals surface area contributed by atoms with Gasteiger partial charge < -0.3 is 4.74 Å². The monoisotopic (exact) mass is 350 g/mol. The summed E-state index contributed by atoms with van der Waals surface area (Å²) >= 11 is 0. The molecule has 0 rings (SSSR count). The summed E-state index contributed by atoms with van der Waals surface area (Å²) in [5.41, 5.74) is -0.543. The first-order chi connectivity index (χ1) is 9.47. The molecule has 0 aromatic rings. The van der Waals surface area contributed by atoms with Gasteiger partial charge in [-0.2, -0.15) is 39.5 Å². The van der Waals surface area contributed by atoms with Crippen molar-refractivity contribution in [1.82, 2.24) is 0 Å². The highest BCUT2D eigenvalue weighted by molar-refractivity contribution is 5.86. The molecule has 1 atom stereocenters. The smallest absolute Gasteiger partial charge is 0.428 e. The van der Waals surface area contributed by atoms with Crippen molar-refractivity contribution in [2.45, 2.75) is 43.6 Å². The Balaban J connectivity index is 5.29. The summed E-state index contributed by atoms with van der Waals surface area (Å²) in [7, 11) is 0. The van der Waals surface area contributed by atoms with Crippen LogP contribution in [0.5, 0.6) is 0 Å². The van der Waals surface area contributed by atoms with Gasteiger partial charge in [-0.25, -0.2) is 9.18 Å². The third-order valence-corrected chi connectivity index (χ3v) is 2.21. The van der Waals surface area contributed by atoms with E-state index in [0.29, 0.717) is 0 Å². The van der Waals surface area contributed by atoms with Crippen molar-refractivity contribution in [1.29, 1.82) is 0 Å². The molecule has 0 spiro atoms. The molecule has 130 valence electrons. The SMILES string of the molecule is C=C(C)C(=O)OC(F)CC(F)(F)C(F)(F)C(F)(F)C(F)(F)F. The van der Waals surface area contributed by atoms with Crippen LogP contribution in [0.25, 0.3) is 0 Å². The number of carbonyl (C=O) groups is 1. The van der Waals surface area contributed by atoms with Gasteiger partial charge in [0.25, 0.3) is 0 Å². The van der Waals surface area contributed by atoms with Crippen LogP contribution in [0.3, 0.4) is 0 Å². The molecule has 0 saturated carbocycles. The van der Waals surface area contributed by atoms with Crippen molar-refractivity contribution >= 4 is 5.97 Å². The van der Waals surface area contributed by atoms with Gasteiger partial charge in [0.1, 0.15) is 0 Å². The Morgan fingerprint density at radius 2 is 1.41 bits per heavy atom.